The molecular formula is C10H22N2. The highest BCUT2D eigenvalue weighted by molar-refractivity contribution is 4.78. The lowest BCUT2D eigenvalue weighted by molar-refractivity contribution is 0.106. The minimum Gasteiger partial charge on any atom is -0.329 e. The van der Waals surface area contributed by atoms with Gasteiger partial charge in [-0.3, -0.25) is 4.90 Å². The number of piperidine rings is 1. The van der Waals surface area contributed by atoms with Crippen LogP contribution in [0.3, 0.4) is 0 Å². The van der Waals surface area contributed by atoms with Crippen LogP contribution >= 0.6 is 0 Å². The van der Waals surface area contributed by atoms with Gasteiger partial charge in [0.15, 0.2) is 0 Å². The van der Waals surface area contributed by atoms with Gasteiger partial charge in [-0.1, -0.05) is 13.8 Å². The first-order valence-electron chi connectivity index (χ1n) is 5.07. The standard InChI is InChI=1S/C10H22N2/c1-8-4-9(2)7-12(6-8)10(3)5-11/h8-10H,4-7,11H2,1-3H3/t8-,9-,10+/m1/s1. The van der Waals surface area contributed by atoms with Gasteiger partial charge in [-0.05, 0) is 25.2 Å². The first kappa shape index (κ1) is 10.0. The molecule has 3 atom stereocenters. The molecule has 12 heavy (non-hydrogen) atoms. The van der Waals surface area contributed by atoms with E-state index in [4.69, 9.17) is 5.73 Å². The second-order valence-electron chi connectivity index (χ2n) is 4.48. The zero-order valence-electron chi connectivity index (χ0n) is 8.59. The first-order chi connectivity index (χ1) is 5.63. The lowest BCUT2D eigenvalue weighted by atomic mass is 9.91. The fourth-order valence-electron chi connectivity index (χ4n) is 2.22. The summed E-state index contributed by atoms with van der Waals surface area (Å²) in [5, 5.41) is 0. The molecule has 1 fully saturated rings. The lowest BCUT2D eigenvalue weighted by Gasteiger charge is -2.38. The van der Waals surface area contributed by atoms with Gasteiger partial charge < -0.3 is 5.73 Å². The number of likely N-dealkylation sites (tertiary alicyclic amines) is 1. The van der Waals surface area contributed by atoms with Crippen LogP contribution in [0.1, 0.15) is 27.2 Å². The van der Waals surface area contributed by atoms with Gasteiger partial charge in [0.05, 0.1) is 0 Å². The van der Waals surface area contributed by atoms with Gasteiger partial charge in [-0.2, -0.15) is 0 Å². The molecule has 2 N–H and O–H groups in total. The van der Waals surface area contributed by atoms with Crippen molar-refractivity contribution < 1.29 is 0 Å². The molecule has 72 valence electrons. The molecule has 0 amide bonds. The van der Waals surface area contributed by atoms with Gasteiger partial charge in [0.25, 0.3) is 0 Å². The van der Waals surface area contributed by atoms with Crippen molar-refractivity contribution in [2.24, 2.45) is 17.6 Å². The summed E-state index contributed by atoms with van der Waals surface area (Å²) < 4.78 is 0. The van der Waals surface area contributed by atoms with E-state index in [0.29, 0.717) is 6.04 Å². The molecule has 0 radical (unpaired) electrons. The fourth-order valence-corrected chi connectivity index (χ4v) is 2.22. The summed E-state index contributed by atoms with van der Waals surface area (Å²) in [7, 11) is 0. The van der Waals surface area contributed by atoms with E-state index in [2.05, 4.69) is 25.7 Å². The lowest BCUT2D eigenvalue weighted by Crippen LogP contribution is -2.46. The maximum atomic E-state index is 5.65. The highest BCUT2D eigenvalue weighted by Crippen LogP contribution is 2.21. The molecule has 0 saturated carbocycles. The Morgan fingerprint density at radius 2 is 1.83 bits per heavy atom. The molecule has 0 bridgehead atoms. The highest BCUT2D eigenvalue weighted by atomic mass is 15.2. The number of nitrogens with two attached hydrogens (primary N) is 1. The predicted octanol–water partition coefficient (Wildman–Crippen LogP) is 1.31. The summed E-state index contributed by atoms with van der Waals surface area (Å²) in [4.78, 5) is 2.53. The molecule has 0 unspecified atom stereocenters. The van der Waals surface area contributed by atoms with E-state index in [-0.39, 0.29) is 0 Å². The molecule has 1 heterocycles. The fraction of sp³-hybridized carbons (Fsp3) is 1.00. The average molecular weight is 170 g/mol. The Bertz CT molecular complexity index is 126. The number of rotatable bonds is 2. The van der Waals surface area contributed by atoms with Crippen molar-refractivity contribution in [2.75, 3.05) is 19.6 Å². The third kappa shape index (κ3) is 2.46. The zero-order chi connectivity index (χ0) is 9.14. The van der Waals surface area contributed by atoms with Crippen LogP contribution in [0, 0.1) is 11.8 Å². The topological polar surface area (TPSA) is 29.3 Å². The van der Waals surface area contributed by atoms with Gasteiger partial charge in [-0.25, -0.2) is 0 Å². The maximum absolute atomic E-state index is 5.65. The predicted molar refractivity (Wildman–Crippen MR) is 53.0 cm³/mol. The SMILES string of the molecule is C[C@@H]1C[C@@H](C)CN([C@@H](C)CN)C1. The van der Waals surface area contributed by atoms with E-state index >= 15 is 0 Å². The van der Waals surface area contributed by atoms with Gasteiger partial charge in [0, 0.05) is 25.7 Å². The monoisotopic (exact) mass is 170 g/mol. The van der Waals surface area contributed by atoms with Gasteiger partial charge in [0.2, 0.25) is 0 Å². The molecule has 1 rings (SSSR count). The van der Waals surface area contributed by atoms with Crippen molar-refractivity contribution in [2.45, 2.75) is 33.2 Å². The zero-order valence-corrected chi connectivity index (χ0v) is 8.59. The molecule has 0 aliphatic carbocycles. The minimum absolute atomic E-state index is 0.565. The third-order valence-electron chi connectivity index (χ3n) is 2.86. The summed E-state index contributed by atoms with van der Waals surface area (Å²) >= 11 is 0. The number of hydrogen-bond donors (Lipinski definition) is 1. The maximum Gasteiger partial charge on any atom is 0.0190 e. The summed E-state index contributed by atoms with van der Waals surface area (Å²) in [6.07, 6.45) is 1.38. The molecule has 0 spiro atoms. The van der Waals surface area contributed by atoms with Crippen LogP contribution in [0.2, 0.25) is 0 Å². The molecule has 0 aromatic rings. The van der Waals surface area contributed by atoms with Crippen molar-refractivity contribution in [1.82, 2.24) is 4.90 Å². The Labute approximate surface area is 76.1 Å². The second-order valence-corrected chi connectivity index (χ2v) is 4.48. The Kier molecular flexibility index (Phi) is 3.53. The van der Waals surface area contributed by atoms with E-state index in [0.717, 1.165) is 18.4 Å². The smallest absolute Gasteiger partial charge is 0.0190 e. The van der Waals surface area contributed by atoms with Crippen LogP contribution in [0.4, 0.5) is 0 Å². The molecule has 1 aliphatic heterocycles. The second kappa shape index (κ2) is 4.24. The van der Waals surface area contributed by atoms with Crippen molar-refractivity contribution >= 4 is 0 Å². The van der Waals surface area contributed by atoms with E-state index in [1.165, 1.54) is 19.5 Å². The van der Waals surface area contributed by atoms with E-state index in [1.54, 1.807) is 0 Å². The number of nitrogens with zero attached hydrogens (tertiary/aromatic N) is 1. The largest absolute Gasteiger partial charge is 0.329 e. The van der Waals surface area contributed by atoms with Crippen molar-refractivity contribution in [3.8, 4) is 0 Å². The van der Waals surface area contributed by atoms with E-state index < -0.39 is 0 Å². The third-order valence-corrected chi connectivity index (χ3v) is 2.86. The Morgan fingerprint density at radius 1 is 1.33 bits per heavy atom. The summed E-state index contributed by atoms with van der Waals surface area (Å²) in [6.45, 7) is 10.2. The molecule has 1 saturated heterocycles. The van der Waals surface area contributed by atoms with Crippen molar-refractivity contribution in [3.63, 3.8) is 0 Å². The molecule has 0 aromatic carbocycles. The van der Waals surface area contributed by atoms with Crippen molar-refractivity contribution in [3.05, 3.63) is 0 Å². The molecule has 0 aromatic heterocycles. The minimum atomic E-state index is 0.565. The van der Waals surface area contributed by atoms with Gasteiger partial charge >= 0.3 is 0 Å². The van der Waals surface area contributed by atoms with Crippen LogP contribution in [-0.4, -0.2) is 30.6 Å². The Morgan fingerprint density at radius 3 is 2.25 bits per heavy atom. The van der Waals surface area contributed by atoms with Crippen molar-refractivity contribution in [1.29, 1.82) is 0 Å². The Hall–Kier alpha value is -0.0800. The number of hydrogen-bond acceptors (Lipinski definition) is 2. The van der Waals surface area contributed by atoms with Gasteiger partial charge in [-0.15, -0.1) is 0 Å². The van der Waals surface area contributed by atoms with Crippen LogP contribution < -0.4 is 5.73 Å². The van der Waals surface area contributed by atoms with Crippen LogP contribution in [0.15, 0.2) is 0 Å². The van der Waals surface area contributed by atoms with E-state index in [1.807, 2.05) is 0 Å². The molecule has 2 nitrogen and oxygen atoms in total. The summed E-state index contributed by atoms with van der Waals surface area (Å²) in [5.74, 6) is 1.70. The van der Waals surface area contributed by atoms with Crippen LogP contribution in [-0.2, 0) is 0 Å². The average Bonchev–Trinajstić information content (AvgIpc) is 2.01. The molecular weight excluding hydrogens is 148 g/mol. The molecule has 2 heteroatoms. The van der Waals surface area contributed by atoms with Crippen LogP contribution in [0.5, 0.6) is 0 Å². The van der Waals surface area contributed by atoms with Crippen LogP contribution in [0.25, 0.3) is 0 Å². The normalized spacial score (nSPS) is 35.0. The quantitative estimate of drug-likeness (QED) is 0.677. The van der Waals surface area contributed by atoms with E-state index in [9.17, 15) is 0 Å². The highest BCUT2D eigenvalue weighted by Gasteiger charge is 2.24. The Balaban J connectivity index is 2.43. The summed E-state index contributed by atoms with van der Waals surface area (Å²) in [5.41, 5.74) is 5.65. The molecule has 1 aliphatic rings. The van der Waals surface area contributed by atoms with Gasteiger partial charge in [0.1, 0.15) is 0 Å². The summed E-state index contributed by atoms with van der Waals surface area (Å²) in [6, 6.07) is 0.565. The first-order valence-corrected chi connectivity index (χ1v) is 5.07.